The summed E-state index contributed by atoms with van der Waals surface area (Å²) in [6, 6.07) is 6.29. The van der Waals surface area contributed by atoms with Crippen LogP contribution in [0.25, 0.3) is 21.9 Å². The second-order valence-electron chi connectivity index (χ2n) is 8.46. The summed E-state index contributed by atoms with van der Waals surface area (Å²) < 4.78 is 6.01. The highest BCUT2D eigenvalue weighted by molar-refractivity contribution is 6.11. The molecule has 3 rings (SSSR count). The maximum absolute atomic E-state index is 12.2. The zero-order chi connectivity index (χ0) is 22.7. The average molecular weight is 497 g/mol. The van der Waals surface area contributed by atoms with Gasteiger partial charge in [-0.1, -0.05) is 0 Å². The quantitative estimate of drug-likeness (QED) is 0.423. The van der Waals surface area contributed by atoms with Gasteiger partial charge in [-0.05, 0) is 108 Å². The molecule has 0 saturated carbocycles. The number of halogens is 2. The summed E-state index contributed by atoms with van der Waals surface area (Å²) in [5.74, 6) is -2.50. The predicted octanol–water partition coefficient (Wildman–Crippen LogP) is 2.15. The number of carbonyl (C=O) groups is 2. The van der Waals surface area contributed by atoms with E-state index in [0.717, 1.165) is 25.9 Å². The van der Waals surface area contributed by atoms with Crippen molar-refractivity contribution in [3.05, 3.63) is 46.5 Å². The average Bonchev–Trinajstić information content (AvgIpc) is 3.04. The Morgan fingerprint density at radius 3 is 2.00 bits per heavy atom. The monoisotopic (exact) mass is 496 g/mol. The fourth-order valence-corrected chi connectivity index (χ4v) is 4.06. The lowest BCUT2D eigenvalue weighted by Gasteiger charge is -2.19. The van der Waals surface area contributed by atoms with E-state index in [0.29, 0.717) is 45.9 Å². The van der Waals surface area contributed by atoms with E-state index in [2.05, 4.69) is 4.90 Å². The summed E-state index contributed by atoms with van der Waals surface area (Å²) in [5.41, 5.74) is 2.65. The standard InChI is InChI=1S/C24H30N2O5.2ClH/c1-25(2)11-5-7-15-14-20-22(17(21(15)24(29)30)8-6-12-26(3)4)18-13-16(23(27)28)9-10-19(18)31-20;;/h9-10,13-14H,5-8,11-12H2,1-4H3,(H,27,28)(H,29,30);2*1H/p-2. The number of rotatable bonds is 10. The third-order valence-corrected chi connectivity index (χ3v) is 5.47. The van der Waals surface area contributed by atoms with Gasteiger partial charge < -0.3 is 34.0 Å². The van der Waals surface area contributed by atoms with Gasteiger partial charge in [0.2, 0.25) is 0 Å². The first-order chi connectivity index (χ1) is 14.7. The van der Waals surface area contributed by atoms with Gasteiger partial charge in [-0.3, -0.25) is 0 Å². The number of aromatic carboxylic acids is 2. The molecule has 2 aromatic carbocycles. The lowest BCUT2D eigenvalue weighted by Crippen LogP contribution is -2.26. The third-order valence-electron chi connectivity index (χ3n) is 5.47. The third kappa shape index (κ3) is 6.60. The minimum atomic E-state index is -1.29. The Kier molecular flexibility index (Phi) is 10.6. The van der Waals surface area contributed by atoms with Crippen LogP contribution in [-0.2, 0) is 12.8 Å². The molecule has 0 fully saturated rings. The van der Waals surface area contributed by atoms with Crippen LogP contribution in [0.1, 0.15) is 44.7 Å². The smallest absolute Gasteiger partial charge is 0.136 e. The molecule has 0 N–H and O–H groups in total. The molecule has 7 nitrogen and oxygen atoms in total. The molecule has 33 heavy (non-hydrogen) atoms. The van der Waals surface area contributed by atoms with Gasteiger partial charge in [0, 0.05) is 16.3 Å². The number of carbonyl (C=O) groups excluding carboxylic acids is 2. The molecule has 0 radical (unpaired) electrons. The van der Waals surface area contributed by atoms with Crippen molar-refractivity contribution in [2.45, 2.75) is 25.7 Å². The highest BCUT2D eigenvalue weighted by Gasteiger charge is 2.20. The van der Waals surface area contributed by atoms with Crippen LogP contribution in [0.15, 0.2) is 28.7 Å². The molecular weight excluding hydrogens is 467 g/mol. The number of furan rings is 1. The molecule has 9 heteroatoms. The fraction of sp³-hybridized carbons (Fsp3) is 0.417. The van der Waals surface area contributed by atoms with Gasteiger partial charge in [0.1, 0.15) is 11.2 Å². The predicted molar refractivity (Wildman–Crippen MR) is 131 cm³/mol. The van der Waals surface area contributed by atoms with Crippen LogP contribution < -0.4 is 10.2 Å². The van der Waals surface area contributed by atoms with Gasteiger partial charge in [0.05, 0.1) is 11.9 Å². The van der Waals surface area contributed by atoms with E-state index in [1.54, 1.807) is 12.1 Å². The Bertz CT molecular complexity index is 1130. The van der Waals surface area contributed by atoms with E-state index in [4.69, 9.17) is 4.42 Å². The van der Waals surface area contributed by atoms with E-state index in [1.165, 1.54) is 12.1 Å². The number of nitrogens with zero attached hydrogens (tertiary/aromatic N) is 2. The van der Waals surface area contributed by atoms with Gasteiger partial charge in [-0.25, -0.2) is 0 Å². The van der Waals surface area contributed by atoms with E-state index in [9.17, 15) is 19.8 Å². The van der Waals surface area contributed by atoms with Crippen molar-refractivity contribution in [2.24, 2.45) is 0 Å². The molecule has 0 atom stereocenters. The topological polar surface area (TPSA) is 99.9 Å². The van der Waals surface area contributed by atoms with Crippen LogP contribution in [-0.4, -0.2) is 63.0 Å². The Balaban J connectivity index is 0.00000272. The summed E-state index contributed by atoms with van der Waals surface area (Å²) in [6.45, 7) is 1.62. The van der Waals surface area contributed by atoms with Crippen molar-refractivity contribution in [1.29, 1.82) is 0 Å². The Morgan fingerprint density at radius 1 is 0.848 bits per heavy atom. The molecular formula is C24H30Cl2N2O5-2. The molecule has 1 heterocycles. The molecule has 182 valence electrons. The van der Waals surface area contributed by atoms with Gasteiger partial charge in [-0.2, -0.15) is 0 Å². The van der Waals surface area contributed by atoms with Crippen molar-refractivity contribution in [3.63, 3.8) is 0 Å². The highest BCUT2D eigenvalue weighted by atomic mass is 35.5. The number of fused-ring (bicyclic) bond motifs is 3. The number of carboxylic acid groups (broad SMARTS) is 2. The molecule has 0 aliphatic rings. The number of aryl methyl sites for hydroxylation is 2. The van der Waals surface area contributed by atoms with Crippen LogP contribution in [0, 0.1) is 0 Å². The minimum absolute atomic E-state index is 0. The van der Waals surface area contributed by atoms with Gasteiger partial charge in [-0.15, -0.1) is 24.8 Å². The summed E-state index contributed by atoms with van der Waals surface area (Å²) in [7, 11) is 7.88. The summed E-state index contributed by atoms with van der Waals surface area (Å²) in [4.78, 5) is 27.7. The fourth-order valence-electron chi connectivity index (χ4n) is 4.06. The first-order valence-corrected chi connectivity index (χ1v) is 10.4. The minimum Gasteiger partial charge on any atom is -0.545 e. The van der Waals surface area contributed by atoms with Crippen LogP contribution in [0.3, 0.4) is 0 Å². The van der Waals surface area contributed by atoms with E-state index in [-0.39, 0.29) is 35.9 Å². The van der Waals surface area contributed by atoms with E-state index < -0.39 is 11.9 Å². The van der Waals surface area contributed by atoms with Gasteiger partial charge >= 0.3 is 0 Å². The summed E-state index contributed by atoms with van der Waals surface area (Å²) in [6.07, 6.45) is 2.64. The van der Waals surface area contributed by atoms with Crippen molar-refractivity contribution in [3.8, 4) is 0 Å². The maximum Gasteiger partial charge on any atom is 0.136 e. The van der Waals surface area contributed by atoms with Crippen molar-refractivity contribution >= 4 is 58.7 Å². The summed E-state index contributed by atoms with van der Waals surface area (Å²) >= 11 is 0. The number of hydrogen-bond donors (Lipinski definition) is 0. The van der Waals surface area contributed by atoms with Crippen molar-refractivity contribution in [1.82, 2.24) is 9.80 Å². The lowest BCUT2D eigenvalue weighted by molar-refractivity contribution is -0.256. The molecule has 1 aromatic heterocycles. The second-order valence-corrected chi connectivity index (χ2v) is 8.46. The maximum atomic E-state index is 12.2. The SMILES string of the molecule is CN(C)CCCc1cc2oc3ccc(C(=O)[O-])cc3c2c(CCCN(C)C)c1C(=O)[O-].Cl.Cl. The van der Waals surface area contributed by atoms with Crippen molar-refractivity contribution in [2.75, 3.05) is 41.3 Å². The number of carboxylic acids is 2. The Labute approximate surface area is 206 Å². The van der Waals surface area contributed by atoms with Crippen molar-refractivity contribution < 1.29 is 24.2 Å². The number of benzene rings is 2. The van der Waals surface area contributed by atoms with Gasteiger partial charge in [0.25, 0.3) is 0 Å². The Morgan fingerprint density at radius 2 is 1.45 bits per heavy atom. The van der Waals surface area contributed by atoms with Crippen LogP contribution in [0.5, 0.6) is 0 Å². The first kappa shape index (κ1) is 28.7. The normalized spacial score (nSPS) is 11.1. The molecule has 0 saturated heterocycles. The molecule has 0 unspecified atom stereocenters. The molecule has 0 aliphatic carbocycles. The second kappa shape index (κ2) is 12.2. The zero-order valence-corrected chi connectivity index (χ0v) is 20.9. The van der Waals surface area contributed by atoms with Crippen LogP contribution >= 0.6 is 24.8 Å². The lowest BCUT2D eigenvalue weighted by atomic mass is 9.90. The first-order valence-electron chi connectivity index (χ1n) is 10.4. The zero-order valence-electron chi connectivity index (χ0n) is 19.3. The van der Waals surface area contributed by atoms with Crippen LogP contribution in [0.2, 0.25) is 0 Å². The molecule has 0 aliphatic heterocycles. The number of hydrogen-bond acceptors (Lipinski definition) is 7. The Hall–Kier alpha value is -2.32. The molecule has 0 amide bonds. The van der Waals surface area contributed by atoms with Gasteiger partial charge in [0.15, 0.2) is 0 Å². The largest absolute Gasteiger partial charge is 0.545 e. The molecule has 0 spiro atoms. The van der Waals surface area contributed by atoms with E-state index >= 15 is 0 Å². The molecule has 0 bridgehead atoms. The van der Waals surface area contributed by atoms with Crippen LogP contribution in [0.4, 0.5) is 0 Å². The highest BCUT2D eigenvalue weighted by Crippen LogP contribution is 2.36. The molecule has 3 aromatic rings. The van der Waals surface area contributed by atoms with E-state index in [1.807, 2.05) is 33.1 Å². The summed E-state index contributed by atoms with van der Waals surface area (Å²) in [5, 5.41) is 24.9.